The van der Waals surface area contributed by atoms with E-state index >= 15 is 0 Å². The minimum Gasteiger partial charge on any atom is -0.456 e. The zero-order chi connectivity index (χ0) is 93.7. The summed E-state index contributed by atoms with van der Waals surface area (Å²) in [5.41, 5.74) is 28.1. The highest BCUT2D eigenvalue weighted by atomic mass is 32.1. The lowest BCUT2D eigenvalue weighted by molar-refractivity contribution is 0.523. The number of furan rings is 4. The first-order valence-corrected chi connectivity index (χ1v) is 48.3. The molecule has 0 aliphatic rings. The summed E-state index contributed by atoms with van der Waals surface area (Å²) in [5, 5.41) is 15.5. The fourth-order valence-corrected chi connectivity index (χ4v) is 22.2. The number of thiophene rings is 2. The van der Waals surface area contributed by atoms with Gasteiger partial charge in [0.25, 0.3) is 0 Å². The predicted octanol–water partition coefficient (Wildman–Crippen LogP) is 38.8. The largest absolute Gasteiger partial charge is 0.456 e. The smallest absolute Gasteiger partial charge is 0.139 e. The average molecular weight is 1750 g/mol. The molecule has 6 heteroatoms. The van der Waals surface area contributed by atoms with Crippen molar-refractivity contribution in [1.29, 1.82) is 0 Å². The van der Waals surface area contributed by atoms with Crippen LogP contribution in [-0.4, -0.2) is 0 Å². The van der Waals surface area contributed by atoms with Gasteiger partial charge < -0.3 is 17.7 Å². The summed E-state index contributed by atoms with van der Waals surface area (Å²) in [6.45, 7) is 68.8. The van der Waals surface area contributed by atoms with Crippen LogP contribution in [0, 0.1) is 0 Å². The highest BCUT2D eigenvalue weighted by molar-refractivity contribution is 7.26. The van der Waals surface area contributed by atoms with Gasteiger partial charge in [0.05, 0.1) is 0 Å². The third kappa shape index (κ3) is 18.8. The van der Waals surface area contributed by atoms with Crippen molar-refractivity contribution in [2.75, 3.05) is 0 Å². The fraction of sp³-hybridized carbons (Fsp3) is 0.323. The van der Waals surface area contributed by atoms with Crippen LogP contribution in [0.15, 0.2) is 297 Å². The predicted molar refractivity (Wildman–Crippen MR) is 571 cm³/mol. The molecule has 0 bridgehead atoms. The number of fused-ring (bicyclic) bond motifs is 18. The van der Waals surface area contributed by atoms with E-state index in [1.165, 1.54) is 161 Å². The summed E-state index contributed by atoms with van der Waals surface area (Å²) < 4.78 is 30.3. The minimum atomic E-state index is -0.00143. The zero-order valence-corrected chi connectivity index (χ0v) is 84.6. The summed E-state index contributed by atoms with van der Waals surface area (Å²) in [7, 11) is 0. The van der Waals surface area contributed by atoms with Gasteiger partial charge in [0.15, 0.2) is 0 Å². The van der Waals surface area contributed by atoms with E-state index in [1.54, 1.807) is 0 Å². The maximum absolute atomic E-state index is 6.27. The van der Waals surface area contributed by atoms with Gasteiger partial charge in [-0.1, -0.05) is 426 Å². The fourth-order valence-electron chi connectivity index (χ4n) is 19.6. The van der Waals surface area contributed by atoms with Crippen molar-refractivity contribution in [1.82, 2.24) is 0 Å². The molecule has 668 valence electrons. The van der Waals surface area contributed by atoms with Gasteiger partial charge in [-0.05, 0) is 182 Å². The third-order valence-corrected chi connectivity index (χ3v) is 27.5. The maximum Gasteiger partial charge on any atom is 0.139 e. The van der Waals surface area contributed by atoms with E-state index in [9.17, 15) is 0 Å². The Morgan fingerprint density at radius 2 is 0.469 bits per heavy atom. The molecule has 0 atom stereocenters. The number of rotatable bonds is 2. The lowest BCUT2D eigenvalue weighted by atomic mass is 9.73. The van der Waals surface area contributed by atoms with Crippen molar-refractivity contribution >= 4 is 151 Å². The van der Waals surface area contributed by atoms with Crippen molar-refractivity contribution < 1.29 is 17.7 Å². The summed E-state index contributed by atoms with van der Waals surface area (Å²) >= 11 is 3.86. The van der Waals surface area contributed by atoms with Crippen LogP contribution in [0.2, 0.25) is 0 Å². The van der Waals surface area contributed by atoms with Crippen molar-refractivity contribution in [3.05, 3.63) is 335 Å². The normalized spacial score (nSPS) is 12.8. The molecule has 0 aliphatic heterocycles. The molecule has 0 aliphatic carbocycles. The molecular formula is C124H136O4S2. The summed E-state index contributed by atoms with van der Waals surface area (Å²) in [4.78, 5) is 0. The van der Waals surface area contributed by atoms with E-state index in [2.05, 4.69) is 450 Å². The zero-order valence-electron chi connectivity index (χ0n) is 83.0. The first-order chi connectivity index (χ1) is 60.9. The van der Waals surface area contributed by atoms with Gasteiger partial charge in [0.2, 0.25) is 0 Å². The number of hydrogen-bond donors (Lipinski definition) is 0. The van der Waals surface area contributed by atoms with E-state index in [-0.39, 0.29) is 54.1 Å². The Labute approximate surface area is 781 Å². The van der Waals surface area contributed by atoms with Crippen LogP contribution < -0.4 is 0 Å². The standard InChI is InChI=1S/2C22H20O.2C20H24O.2C20H24S/c1-22(2,3)20-16(15-9-5-4-6-10-15)13-14-18-17-11-7-8-12-19(17)23-21(18)20;1-22(2,3)21-16(15-9-5-4-6-10-15)13-14-19-20(21)17-11-7-8-12-18(17)23-19;1-19(2,3)14-11-12-16-17(18(14)20(4,5)6)13-9-7-8-10-15(13)21-16;1-19(2,3)15-12-11-14-13-9-7-8-10-16(13)21-18(14)17(15)20(4,5)6;1-19(2,3)14-11-12-16-17(18(14)20(4,5)6)13-9-7-8-10-15(13)21-16;1-19(2,3)15-12-11-14-13-9-7-8-10-16(13)21-18(14)17(15)20(4,5)6/h2*4-14H,1-3H3;4*7-12H,1-6H3. The highest BCUT2D eigenvalue weighted by Gasteiger charge is 2.35. The molecule has 0 unspecified atom stereocenters. The molecule has 6 aromatic heterocycles. The Balaban J connectivity index is 0.000000120. The molecule has 20 rings (SSSR count). The Kier molecular flexibility index (Phi) is 25.0. The van der Waals surface area contributed by atoms with Gasteiger partial charge in [-0.3, -0.25) is 0 Å². The van der Waals surface area contributed by atoms with Crippen LogP contribution in [0.1, 0.15) is 263 Å². The molecule has 0 spiro atoms. The molecule has 14 aromatic carbocycles. The lowest BCUT2D eigenvalue weighted by Crippen LogP contribution is -2.22. The van der Waals surface area contributed by atoms with Gasteiger partial charge in [0.1, 0.15) is 44.7 Å². The van der Waals surface area contributed by atoms with Crippen LogP contribution in [-0.2, 0) is 54.1 Å². The third-order valence-electron chi connectivity index (χ3n) is 25.2. The topological polar surface area (TPSA) is 52.6 Å². The van der Waals surface area contributed by atoms with Gasteiger partial charge >= 0.3 is 0 Å². The Hall–Kier alpha value is -11.3. The molecule has 0 radical (unpaired) electrons. The van der Waals surface area contributed by atoms with Crippen LogP contribution in [0.5, 0.6) is 0 Å². The molecule has 6 heterocycles. The summed E-state index contributed by atoms with van der Waals surface area (Å²) in [5.74, 6) is 0. The first-order valence-electron chi connectivity index (χ1n) is 46.7. The molecule has 20 aromatic rings. The van der Waals surface area contributed by atoms with Gasteiger partial charge in [0, 0.05) is 94.6 Å². The molecule has 0 N–H and O–H groups in total. The molecule has 0 saturated heterocycles. The van der Waals surface area contributed by atoms with E-state index < -0.39 is 0 Å². The quantitative estimate of drug-likeness (QED) is 0.173. The first kappa shape index (κ1) is 93.4. The Morgan fingerprint density at radius 3 is 0.908 bits per heavy atom. The van der Waals surface area contributed by atoms with Crippen LogP contribution in [0.4, 0.5) is 0 Å². The van der Waals surface area contributed by atoms with Crippen molar-refractivity contribution in [2.24, 2.45) is 0 Å². The van der Waals surface area contributed by atoms with Crippen LogP contribution in [0.25, 0.3) is 150 Å². The van der Waals surface area contributed by atoms with Crippen molar-refractivity contribution in [3.8, 4) is 22.3 Å². The molecule has 0 saturated carbocycles. The van der Waals surface area contributed by atoms with Crippen molar-refractivity contribution in [3.63, 3.8) is 0 Å². The minimum absolute atomic E-state index is 0.00143. The van der Waals surface area contributed by atoms with E-state index in [0.29, 0.717) is 0 Å². The number of para-hydroxylation sites is 4. The number of hydrogen-bond acceptors (Lipinski definition) is 6. The summed E-state index contributed by atoms with van der Waals surface area (Å²) in [6, 6.07) is 98.9. The van der Waals surface area contributed by atoms with E-state index in [4.69, 9.17) is 17.7 Å². The van der Waals surface area contributed by atoms with Gasteiger partial charge in [-0.2, -0.15) is 0 Å². The molecule has 4 nitrogen and oxygen atoms in total. The Bertz CT molecular complexity index is 7230. The second-order valence-corrected chi connectivity index (χ2v) is 48.1. The second kappa shape index (κ2) is 34.8. The number of benzene rings is 14. The highest BCUT2D eigenvalue weighted by Crippen LogP contribution is 2.51. The average Bonchev–Trinajstić information content (AvgIpc) is 1.56. The van der Waals surface area contributed by atoms with Gasteiger partial charge in [-0.15, -0.1) is 22.7 Å². The van der Waals surface area contributed by atoms with Crippen molar-refractivity contribution in [2.45, 2.75) is 262 Å². The van der Waals surface area contributed by atoms with E-state index in [1.807, 2.05) is 59.1 Å². The molecule has 130 heavy (non-hydrogen) atoms. The SMILES string of the molecule is CC(C)(C)c1c(-c2ccccc2)ccc2c1oc1ccccc12.CC(C)(C)c1c(-c2ccccc2)ccc2oc3ccccc3c12.CC(C)(C)c1ccc2c(oc3ccccc32)c1C(C)(C)C.CC(C)(C)c1ccc2c(sc3ccccc32)c1C(C)(C)C.CC(C)(C)c1ccc2oc3ccccc3c2c1C(C)(C)C.CC(C)(C)c1ccc2sc3ccccc3c2c1C(C)(C)C. The summed E-state index contributed by atoms with van der Waals surface area (Å²) in [6.07, 6.45) is 0. The van der Waals surface area contributed by atoms with Crippen LogP contribution >= 0.6 is 22.7 Å². The Morgan fingerprint density at radius 1 is 0.169 bits per heavy atom. The van der Waals surface area contributed by atoms with E-state index in [0.717, 1.165) is 44.7 Å². The monoisotopic (exact) mass is 1750 g/mol. The van der Waals surface area contributed by atoms with Crippen LogP contribution in [0.3, 0.4) is 0 Å². The molecular weight excluding hydrogens is 1620 g/mol. The second-order valence-electron chi connectivity index (χ2n) is 46.0. The molecule has 0 amide bonds. The maximum atomic E-state index is 6.27. The van der Waals surface area contributed by atoms with Gasteiger partial charge in [-0.25, -0.2) is 0 Å². The molecule has 0 fully saturated rings. The lowest BCUT2D eigenvalue weighted by Gasteiger charge is -2.31.